The molecule has 0 heterocycles. The van der Waals surface area contributed by atoms with Gasteiger partial charge in [0.25, 0.3) is 0 Å². The van der Waals surface area contributed by atoms with Gasteiger partial charge in [0, 0.05) is 0 Å². The summed E-state index contributed by atoms with van der Waals surface area (Å²) in [4.78, 5) is 24.3. The summed E-state index contributed by atoms with van der Waals surface area (Å²) >= 11 is 0. The summed E-state index contributed by atoms with van der Waals surface area (Å²) in [6, 6.07) is 22.6. The Bertz CT molecular complexity index is 1510. The van der Waals surface area contributed by atoms with Gasteiger partial charge in [-0.2, -0.15) is 0 Å². The van der Waals surface area contributed by atoms with Crippen LogP contribution in [0.2, 0.25) is 0 Å². The van der Waals surface area contributed by atoms with Crippen LogP contribution in [-0.4, -0.2) is 36.9 Å². The molecule has 5 nitrogen and oxygen atoms in total. The number of unbranched alkanes of at least 4 members (excludes halogenated alkanes) is 2. The second-order valence-corrected chi connectivity index (χ2v) is 13.8. The van der Waals surface area contributed by atoms with Crippen molar-refractivity contribution >= 4 is 28.3 Å². The van der Waals surface area contributed by atoms with Crippen LogP contribution in [0.1, 0.15) is 90.2 Å². The van der Waals surface area contributed by atoms with E-state index < -0.39 is 18.0 Å². The van der Waals surface area contributed by atoms with Crippen molar-refractivity contribution in [3.05, 3.63) is 90.0 Å². The van der Waals surface area contributed by atoms with Crippen molar-refractivity contribution in [2.45, 2.75) is 85.5 Å². The van der Waals surface area contributed by atoms with Gasteiger partial charge >= 0.3 is 11.9 Å². The summed E-state index contributed by atoms with van der Waals surface area (Å²) in [6.45, 7) is 11.5. The van der Waals surface area contributed by atoms with Crippen LogP contribution in [0, 0.1) is 17.3 Å². The fraction of sp³-hybridized carbons (Fsp3) is 0.463. The van der Waals surface area contributed by atoms with E-state index in [4.69, 9.17) is 14.6 Å². The molecule has 1 aliphatic carbocycles. The fourth-order valence-electron chi connectivity index (χ4n) is 6.24. The predicted molar refractivity (Wildman–Crippen MR) is 188 cm³/mol. The molecule has 0 radical (unpaired) electrons. The highest BCUT2D eigenvalue weighted by Gasteiger charge is 2.27. The number of allylic oxidation sites excluding steroid dienone is 2. The van der Waals surface area contributed by atoms with Crippen molar-refractivity contribution in [3.8, 4) is 11.1 Å². The van der Waals surface area contributed by atoms with E-state index in [2.05, 4.69) is 80.2 Å². The lowest BCUT2D eigenvalue weighted by molar-refractivity contribution is -0.153. The molecule has 0 fully saturated rings. The third-order valence-corrected chi connectivity index (χ3v) is 9.22. The molecule has 0 spiro atoms. The molecular formula is C41H52O5. The van der Waals surface area contributed by atoms with Crippen LogP contribution in [-0.2, 0) is 25.5 Å². The standard InChI is InChI=1S/C41H52O5/c1-6-7-8-9-30-10-11-38-27-37(21-20-36(38)26-30)34-18-16-32(17-19-34)31-12-14-33(15-13-31)35(22-24-45-39(43)29(2)28-42)23-25-46-40(44)41(3,4)5/h10-12,16-21,26-27,33,35,42H,2,6-9,13-15,22-25,28H2,1,3-5H3. The van der Waals surface area contributed by atoms with Gasteiger partial charge in [0.2, 0.25) is 0 Å². The average Bonchev–Trinajstić information content (AvgIpc) is 3.06. The van der Waals surface area contributed by atoms with Gasteiger partial charge in [-0.15, -0.1) is 0 Å². The second kappa shape index (κ2) is 16.7. The van der Waals surface area contributed by atoms with Crippen molar-refractivity contribution in [2.75, 3.05) is 19.8 Å². The number of aliphatic hydroxyl groups excluding tert-OH is 1. The van der Waals surface area contributed by atoms with Crippen LogP contribution in [0.5, 0.6) is 0 Å². The smallest absolute Gasteiger partial charge is 0.335 e. The van der Waals surface area contributed by atoms with Crippen molar-refractivity contribution in [1.29, 1.82) is 0 Å². The number of aryl methyl sites for hydroxylation is 1. The number of carbonyl (C=O) groups excluding carboxylic acids is 2. The number of aliphatic hydroxyl groups is 1. The highest BCUT2D eigenvalue weighted by Crippen LogP contribution is 2.37. The number of hydrogen-bond donors (Lipinski definition) is 1. The summed E-state index contributed by atoms with van der Waals surface area (Å²) in [5.41, 5.74) is 6.00. The summed E-state index contributed by atoms with van der Waals surface area (Å²) < 4.78 is 10.9. The zero-order valence-corrected chi connectivity index (χ0v) is 28.3. The number of rotatable bonds is 15. The largest absolute Gasteiger partial charge is 0.465 e. The minimum Gasteiger partial charge on any atom is -0.465 e. The number of esters is 2. The summed E-state index contributed by atoms with van der Waals surface area (Å²) in [5, 5.41) is 11.7. The summed E-state index contributed by atoms with van der Waals surface area (Å²) in [7, 11) is 0. The van der Waals surface area contributed by atoms with Crippen molar-refractivity contribution in [1.82, 2.24) is 0 Å². The Balaban J connectivity index is 1.38. The molecule has 2 atom stereocenters. The van der Waals surface area contributed by atoms with Crippen LogP contribution in [0.15, 0.2) is 78.9 Å². The van der Waals surface area contributed by atoms with Gasteiger partial charge in [-0.1, -0.05) is 87.0 Å². The summed E-state index contributed by atoms with van der Waals surface area (Å²) in [6.07, 6.45) is 11.6. The van der Waals surface area contributed by atoms with E-state index in [-0.39, 0.29) is 24.1 Å². The molecule has 246 valence electrons. The monoisotopic (exact) mass is 624 g/mol. The lowest BCUT2D eigenvalue weighted by Gasteiger charge is -2.30. The molecular weight excluding hydrogens is 572 g/mol. The fourth-order valence-corrected chi connectivity index (χ4v) is 6.24. The maximum Gasteiger partial charge on any atom is 0.335 e. The average molecular weight is 625 g/mol. The predicted octanol–water partition coefficient (Wildman–Crippen LogP) is 9.50. The zero-order chi connectivity index (χ0) is 33.1. The number of hydrogen-bond acceptors (Lipinski definition) is 5. The molecule has 0 saturated carbocycles. The molecule has 1 N–H and O–H groups in total. The molecule has 3 aromatic carbocycles. The molecule has 46 heavy (non-hydrogen) atoms. The van der Waals surface area contributed by atoms with Gasteiger partial charge in [0.15, 0.2) is 0 Å². The Morgan fingerprint density at radius 2 is 1.54 bits per heavy atom. The van der Waals surface area contributed by atoms with Gasteiger partial charge in [-0.25, -0.2) is 4.79 Å². The minimum atomic E-state index is -0.565. The Morgan fingerprint density at radius 3 is 2.20 bits per heavy atom. The quantitative estimate of drug-likeness (QED) is 0.104. The van der Waals surface area contributed by atoms with Crippen LogP contribution >= 0.6 is 0 Å². The lowest BCUT2D eigenvalue weighted by atomic mass is 9.77. The molecule has 0 aliphatic heterocycles. The minimum absolute atomic E-state index is 0.0549. The van der Waals surface area contributed by atoms with Crippen LogP contribution in [0.25, 0.3) is 27.5 Å². The van der Waals surface area contributed by atoms with E-state index in [9.17, 15) is 9.59 Å². The third-order valence-electron chi connectivity index (χ3n) is 9.22. The SMILES string of the molecule is C=C(CO)C(=O)OCCC(CCOC(=O)C(C)(C)C)C1CC=C(c2ccc(-c3ccc4cc(CCCCC)ccc4c3)cc2)CC1. The second-order valence-electron chi connectivity index (χ2n) is 13.8. The Morgan fingerprint density at radius 1 is 0.891 bits per heavy atom. The van der Waals surface area contributed by atoms with Crippen molar-refractivity contribution in [2.24, 2.45) is 17.3 Å². The van der Waals surface area contributed by atoms with E-state index in [1.165, 1.54) is 57.9 Å². The van der Waals surface area contributed by atoms with Gasteiger partial charge in [0.1, 0.15) is 0 Å². The first-order chi connectivity index (χ1) is 22.1. The normalized spacial score (nSPS) is 15.7. The van der Waals surface area contributed by atoms with E-state index in [1.807, 2.05) is 20.8 Å². The maximum atomic E-state index is 12.3. The van der Waals surface area contributed by atoms with Crippen LogP contribution in [0.4, 0.5) is 0 Å². The molecule has 1 aliphatic rings. The van der Waals surface area contributed by atoms with Crippen molar-refractivity contribution < 1.29 is 24.2 Å². The Hall–Kier alpha value is -3.70. The molecule has 0 saturated heterocycles. The van der Waals surface area contributed by atoms with Crippen molar-refractivity contribution in [3.63, 3.8) is 0 Å². The highest BCUT2D eigenvalue weighted by molar-refractivity contribution is 5.88. The van der Waals surface area contributed by atoms with Crippen LogP contribution < -0.4 is 0 Å². The third kappa shape index (κ3) is 9.90. The maximum absolute atomic E-state index is 12.3. The van der Waals surface area contributed by atoms with Gasteiger partial charge in [-0.3, -0.25) is 4.79 Å². The van der Waals surface area contributed by atoms with E-state index in [0.717, 1.165) is 32.1 Å². The molecule has 5 heteroatoms. The lowest BCUT2D eigenvalue weighted by Crippen LogP contribution is -2.26. The molecule has 0 aromatic heterocycles. The van der Waals surface area contributed by atoms with E-state index in [1.54, 1.807) is 0 Å². The number of ether oxygens (including phenoxy) is 2. The molecule has 0 amide bonds. The molecule has 4 rings (SSSR count). The van der Waals surface area contributed by atoms with E-state index in [0.29, 0.717) is 18.9 Å². The first kappa shape index (κ1) is 35.2. The first-order valence-electron chi connectivity index (χ1n) is 17.0. The molecule has 3 aromatic rings. The number of fused-ring (bicyclic) bond motifs is 1. The number of carbonyl (C=O) groups is 2. The van der Waals surface area contributed by atoms with Gasteiger partial charge in [-0.05, 0) is 122 Å². The van der Waals surface area contributed by atoms with Gasteiger partial charge < -0.3 is 14.6 Å². The van der Waals surface area contributed by atoms with Gasteiger partial charge in [0.05, 0.1) is 30.8 Å². The van der Waals surface area contributed by atoms with Crippen LogP contribution in [0.3, 0.4) is 0 Å². The number of benzene rings is 3. The first-order valence-corrected chi connectivity index (χ1v) is 17.0. The Kier molecular flexibility index (Phi) is 12.8. The van der Waals surface area contributed by atoms with E-state index >= 15 is 0 Å². The molecule has 0 bridgehead atoms. The summed E-state index contributed by atoms with van der Waals surface area (Å²) in [5.74, 6) is -0.128. The zero-order valence-electron chi connectivity index (χ0n) is 28.3. The highest BCUT2D eigenvalue weighted by atomic mass is 16.5. The Labute approximate surface area is 275 Å². The topological polar surface area (TPSA) is 72.8 Å². The molecule has 2 unspecified atom stereocenters.